The van der Waals surface area contributed by atoms with E-state index in [0.29, 0.717) is 18.7 Å². The summed E-state index contributed by atoms with van der Waals surface area (Å²) in [5.74, 6) is 0.790. The molecule has 1 amide bonds. The standard InChI is InChI=1S/C20H20N4O2/c1-15-19(13-22-24(15)16-5-3-2-4-6-16)20(25)23-12-9-18(14-23)26-17-7-10-21-11-8-17/h2-8,10-11,13,18H,9,12,14H2,1H3/t18-/m1/s1. The minimum atomic E-state index is 0.00510. The summed E-state index contributed by atoms with van der Waals surface area (Å²) in [4.78, 5) is 18.7. The minimum absolute atomic E-state index is 0.00510. The zero-order chi connectivity index (χ0) is 17.9. The Bertz CT molecular complexity index is 893. The van der Waals surface area contributed by atoms with Crippen LogP contribution in [0, 0.1) is 6.92 Å². The highest BCUT2D eigenvalue weighted by Crippen LogP contribution is 2.21. The number of nitrogens with zero attached hydrogens (tertiary/aromatic N) is 4. The highest BCUT2D eigenvalue weighted by Gasteiger charge is 2.30. The van der Waals surface area contributed by atoms with Crippen molar-refractivity contribution in [3.63, 3.8) is 0 Å². The molecule has 1 atom stereocenters. The zero-order valence-corrected chi connectivity index (χ0v) is 14.6. The Hall–Kier alpha value is -3.15. The van der Waals surface area contributed by atoms with Crippen molar-refractivity contribution in [3.05, 3.63) is 72.3 Å². The Morgan fingerprint density at radius 3 is 2.69 bits per heavy atom. The Kier molecular flexibility index (Phi) is 4.39. The maximum Gasteiger partial charge on any atom is 0.257 e. The van der Waals surface area contributed by atoms with E-state index in [4.69, 9.17) is 4.74 Å². The van der Waals surface area contributed by atoms with Crippen molar-refractivity contribution in [2.24, 2.45) is 0 Å². The molecular weight excluding hydrogens is 328 g/mol. The van der Waals surface area contributed by atoms with Crippen LogP contribution in [0.3, 0.4) is 0 Å². The number of aromatic nitrogens is 3. The van der Waals surface area contributed by atoms with Gasteiger partial charge in [0.1, 0.15) is 11.9 Å². The first-order valence-corrected chi connectivity index (χ1v) is 8.68. The summed E-state index contributed by atoms with van der Waals surface area (Å²) in [6.07, 6.45) is 5.89. The molecule has 0 spiro atoms. The molecule has 6 heteroatoms. The maximum absolute atomic E-state index is 12.9. The number of hydrogen-bond donors (Lipinski definition) is 0. The molecule has 0 saturated carbocycles. The lowest BCUT2D eigenvalue weighted by molar-refractivity contribution is 0.0771. The Labute approximate surface area is 152 Å². The molecule has 1 aromatic carbocycles. The van der Waals surface area contributed by atoms with Gasteiger partial charge in [0, 0.05) is 25.4 Å². The number of para-hydroxylation sites is 1. The molecule has 1 aliphatic rings. The van der Waals surface area contributed by atoms with Gasteiger partial charge in [0.25, 0.3) is 5.91 Å². The van der Waals surface area contributed by atoms with Gasteiger partial charge in [-0.05, 0) is 31.2 Å². The molecular formula is C20H20N4O2. The third-order valence-corrected chi connectivity index (χ3v) is 4.63. The van der Waals surface area contributed by atoms with Crippen LogP contribution in [0.2, 0.25) is 0 Å². The van der Waals surface area contributed by atoms with Crippen molar-refractivity contribution in [1.82, 2.24) is 19.7 Å². The third-order valence-electron chi connectivity index (χ3n) is 4.63. The lowest BCUT2D eigenvalue weighted by atomic mass is 10.2. The monoisotopic (exact) mass is 348 g/mol. The van der Waals surface area contributed by atoms with E-state index >= 15 is 0 Å². The third kappa shape index (κ3) is 3.18. The molecule has 0 unspecified atom stereocenters. The summed E-state index contributed by atoms with van der Waals surface area (Å²) in [7, 11) is 0. The van der Waals surface area contributed by atoms with Crippen molar-refractivity contribution < 1.29 is 9.53 Å². The molecule has 0 bridgehead atoms. The van der Waals surface area contributed by atoms with Crippen LogP contribution < -0.4 is 4.74 Å². The number of ether oxygens (including phenoxy) is 1. The van der Waals surface area contributed by atoms with Crippen LogP contribution in [0.5, 0.6) is 5.75 Å². The van der Waals surface area contributed by atoms with Crippen LogP contribution in [0.15, 0.2) is 61.1 Å². The van der Waals surface area contributed by atoms with Crippen LogP contribution in [0.25, 0.3) is 5.69 Å². The van der Waals surface area contributed by atoms with Gasteiger partial charge < -0.3 is 9.64 Å². The number of likely N-dealkylation sites (tertiary alicyclic amines) is 1. The molecule has 1 fully saturated rings. The molecule has 1 saturated heterocycles. The highest BCUT2D eigenvalue weighted by atomic mass is 16.5. The number of pyridine rings is 1. The van der Waals surface area contributed by atoms with Gasteiger partial charge >= 0.3 is 0 Å². The van der Waals surface area contributed by atoms with Crippen LogP contribution >= 0.6 is 0 Å². The SMILES string of the molecule is Cc1c(C(=O)N2CC[C@@H](Oc3ccncc3)C2)cnn1-c1ccccc1. The van der Waals surface area contributed by atoms with E-state index < -0.39 is 0 Å². The topological polar surface area (TPSA) is 60.3 Å². The second-order valence-electron chi connectivity index (χ2n) is 6.35. The minimum Gasteiger partial charge on any atom is -0.488 e. The summed E-state index contributed by atoms with van der Waals surface area (Å²) in [5, 5.41) is 4.40. The fraction of sp³-hybridized carbons (Fsp3) is 0.250. The summed E-state index contributed by atoms with van der Waals surface area (Å²) in [6, 6.07) is 13.5. The van der Waals surface area contributed by atoms with Crippen molar-refractivity contribution >= 4 is 5.91 Å². The van der Waals surface area contributed by atoms with E-state index in [1.807, 2.05) is 54.3 Å². The van der Waals surface area contributed by atoms with Gasteiger partial charge in [-0.25, -0.2) is 4.68 Å². The van der Waals surface area contributed by atoms with Crippen molar-refractivity contribution in [3.8, 4) is 11.4 Å². The molecule has 0 radical (unpaired) electrons. The lowest BCUT2D eigenvalue weighted by Crippen LogP contribution is -2.31. The number of hydrogen-bond acceptors (Lipinski definition) is 4. The normalized spacial score (nSPS) is 16.7. The van der Waals surface area contributed by atoms with Crippen LogP contribution in [0.4, 0.5) is 0 Å². The molecule has 1 aliphatic heterocycles. The number of carbonyl (C=O) groups is 1. The van der Waals surface area contributed by atoms with Gasteiger partial charge in [0.15, 0.2) is 0 Å². The van der Waals surface area contributed by atoms with Gasteiger partial charge in [-0.2, -0.15) is 5.10 Å². The molecule has 26 heavy (non-hydrogen) atoms. The zero-order valence-electron chi connectivity index (χ0n) is 14.6. The summed E-state index contributed by atoms with van der Waals surface area (Å²) in [5.41, 5.74) is 2.43. The van der Waals surface area contributed by atoms with Gasteiger partial charge in [-0.3, -0.25) is 9.78 Å². The van der Waals surface area contributed by atoms with E-state index in [1.165, 1.54) is 0 Å². The van der Waals surface area contributed by atoms with Gasteiger partial charge in [-0.1, -0.05) is 18.2 Å². The largest absolute Gasteiger partial charge is 0.488 e. The molecule has 132 valence electrons. The molecule has 6 nitrogen and oxygen atoms in total. The number of rotatable bonds is 4. The molecule has 3 heterocycles. The predicted molar refractivity (Wildman–Crippen MR) is 97.5 cm³/mol. The highest BCUT2D eigenvalue weighted by molar-refractivity contribution is 5.95. The Morgan fingerprint density at radius 1 is 1.15 bits per heavy atom. The Morgan fingerprint density at radius 2 is 1.92 bits per heavy atom. The average Bonchev–Trinajstić information content (AvgIpc) is 3.30. The van der Waals surface area contributed by atoms with Crippen LogP contribution in [0.1, 0.15) is 22.5 Å². The Balaban J connectivity index is 1.46. The average molecular weight is 348 g/mol. The number of carbonyl (C=O) groups excluding carboxylic acids is 1. The molecule has 2 aromatic heterocycles. The predicted octanol–water partition coefficient (Wildman–Crippen LogP) is 2.87. The second kappa shape index (κ2) is 7.00. The number of benzene rings is 1. The maximum atomic E-state index is 12.9. The molecule has 0 aliphatic carbocycles. The summed E-state index contributed by atoms with van der Waals surface area (Å²) >= 11 is 0. The summed E-state index contributed by atoms with van der Waals surface area (Å²) in [6.45, 7) is 3.19. The molecule has 0 N–H and O–H groups in total. The van der Waals surface area contributed by atoms with Crippen molar-refractivity contribution in [2.45, 2.75) is 19.4 Å². The fourth-order valence-corrected chi connectivity index (χ4v) is 3.24. The van der Waals surface area contributed by atoms with Crippen molar-refractivity contribution in [2.75, 3.05) is 13.1 Å². The summed E-state index contributed by atoms with van der Waals surface area (Å²) < 4.78 is 7.74. The van der Waals surface area contributed by atoms with Crippen molar-refractivity contribution in [1.29, 1.82) is 0 Å². The van der Waals surface area contributed by atoms with E-state index in [0.717, 1.165) is 23.6 Å². The smallest absolute Gasteiger partial charge is 0.257 e. The quantitative estimate of drug-likeness (QED) is 0.727. The first kappa shape index (κ1) is 16.3. The van der Waals surface area contributed by atoms with Gasteiger partial charge in [0.05, 0.1) is 29.7 Å². The first-order chi connectivity index (χ1) is 12.7. The van der Waals surface area contributed by atoms with E-state index in [1.54, 1.807) is 23.3 Å². The first-order valence-electron chi connectivity index (χ1n) is 8.68. The van der Waals surface area contributed by atoms with Crippen LogP contribution in [-0.2, 0) is 0 Å². The second-order valence-corrected chi connectivity index (χ2v) is 6.35. The van der Waals surface area contributed by atoms with Crippen LogP contribution in [-0.4, -0.2) is 44.8 Å². The lowest BCUT2D eigenvalue weighted by Gasteiger charge is -2.17. The van der Waals surface area contributed by atoms with E-state index in [-0.39, 0.29) is 12.0 Å². The van der Waals surface area contributed by atoms with Gasteiger partial charge in [0.2, 0.25) is 0 Å². The van der Waals surface area contributed by atoms with E-state index in [2.05, 4.69) is 10.1 Å². The van der Waals surface area contributed by atoms with Gasteiger partial charge in [-0.15, -0.1) is 0 Å². The molecule has 3 aromatic rings. The van der Waals surface area contributed by atoms with E-state index in [9.17, 15) is 4.79 Å². The molecule has 4 rings (SSSR count). The fourth-order valence-electron chi connectivity index (χ4n) is 3.24. The number of amides is 1.